The van der Waals surface area contributed by atoms with Crippen LogP contribution < -0.4 is 5.32 Å². The average Bonchev–Trinajstić information content (AvgIpc) is 2.66. The van der Waals surface area contributed by atoms with Gasteiger partial charge in [0, 0.05) is 12.1 Å². The van der Waals surface area contributed by atoms with E-state index >= 15 is 0 Å². The van der Waals surface area contributed by atoms with Gasteiger partial charge in [-0.2, -0.15) is 0 Å². The van der Waals surface area contributed by atoms with E-state index in [0.717, 1.165) is 18.0 Å². The van der Waals surface area contributed by atoms with Gasteiger partial charge in [-0.3, -0.25) is 0 Å². The van der Waals surface area contributed by atoms with Gasteiger partial charge in [-0.05, 0) is 32.1 Å². The van der Waals surface area contributed by atoms with E-state index < -0.39 is 0 Å². The third kappa shape index (κ3) is 2.48. The summed E-state index contributed by atoms with van der Waals surface area (Å²) in [5.41, 5.74) is 0. The minimum atomic E-state index is 0.778. The van der Waals surface area contributed by atoms with E-state index in [9.17, 15) is 0 Å². The summed E-state index contributed by atoms with van der Waals surface area (Å²) < 4.78 is 0. The standard InChI is InChI=1S/C11H21N/c1-9(12-11-6-7-11)8-10-4-2-3-5-10/h9-12H,2-8H2,1H3. The van der Waals surface area contributed by atoms with Gasteiger partial charge in [-0.1, -0.05) is 25.7 Å². The van der Waals surface area contributed by atoms with Crippen molar-refractivity contribution in [2.45, 2.75) is 64.0 Å². The molecule has 0 aromatic rings. The van der Waals surface area contributed by atoms with Crippen molar-refractivity contribution in [1.82, 2.24) is 5.32 Å². The Kier molecular flexibility index (Phi) is 2.69. The zero-order valence-corrected chi connectivity index (χ0v) is 8.18. The summed E-state index contributed by atoms with van der Waals surface area (Å²) in [6.45, 7) is 2.36. The first kappa shape index (κ1) is 8.55. The summed E-state index contributed by atoms with van der Waals surface area (Å²) >= 11 is 0. The van der Waals surface area contributed by atoms with Gasteiger partial charge < -0.3 is 5.32 Å². The molecule has 1 atom stereocenters. The Labute approximate surface area is 75.9 Å². The third-order valence-electron chi connectivity index (χ3n) is 3.26. The molecule has 1 N–H and O–H groups in total. The Balaban J connectivity index is 1.62. The molecule has 0 aliphatic heterocycles. The van der Waals surface area contributed by atoms with E-state index in [2.05, 4.69) is 12.2 Å². The van der Waals surface area contributed by atoms with E-state index in [1.54, 1.807) is 0 Å². The second-order valence-corrected chi connectivity index (χ2v) is 4.73. The Morgan fingerprint density at radius 2 is 1.83 bits per heavy atom. The summed E-state index contributed by atoms with van der Waals surface area (Å²) in [7, 11) is 0. The second kappa shape index (κ2) is 3.78. The van der Waals surface area contributed by atoms with Crippen molar-refractivity contribution in [1.29, 1.82) is 0 Å². The first-order valence-corrected chi connectivity index (χ1v) is 5.60. The first-order chi connectivity index (χ1) is 5.84. The van der Waals surface area contributed by atoms with Gasteiger partial charge >= 0.3 is 0 Å². The van der Waals surface area contributed by atoms with Crippen LogP contribution in [0.2, 0.25) is 0 Å². The van der Waals surface area contributed by atoms with E-state index in [0.29, 0.717) is 0 Å². The molecule has 2 aliphatic rings. The maximum atomic E-state index is 3.68. The summed E-state index contributed by atoms with van der Waals surface area (Å²) in [6.07, 6.45) is 10.2. The quantitative estimate of drug-likeness (QED) is 0.679. The fraction of sp³-hybridized carbons (Fsp3) is 1.00. The van der Waals surface area contributed by atoms with Crippen LogP contribution in [0.25, 0.3) is 0 Å². The van der Waals surface area contributed by atoms with Crippen molar-refractivity contribution in [2.24, 2.45) is 5.92 Å². The minimum Gasteiger partial charge on any atom is -0.311 e. The highest BCUT2D eigenvalue weighted by molar-refractivity contribution is 4.84. The lowest BCUT2D eigenvalue weighted by Gasteiger charge is -2.17. The molecule has 2 aliphatic carbocycles. The third-order valence-corrected chi connectivity index (χ3v) is 3.26. The van der Waals surface area contributed by atoms with Crippen molar-refractivity contribution in [2.75, 3.05) is 0 Å². The molecule has 0 aromatic heterocycles. The predicted molar refractivity (Wildman–Crippen MR) is 52.2 cm³/mol. The van der Waals surface area contributed by atoms with Crippen LogP contribution in [-0.4, -0.2) is 12.1 Å². The van der Waals surface area contributed by atoms with Gasteiger partial charge in [0.1, 0.15) is 0 Å². The normalized spacial score (nSPS) is 27.8. The fourth-order valence-corrected chi connectivity index (χ4v) is 2.47. The lowest BCUT2D eigenvalue weighted by molar-refractivity contribution is 0.403. The van der Waals surface area contributed by atoms with Crippen LogP contribution in [0.15, 0.2) is 0 Å². The van der Waals surface area contributed by atoms with Crippen LogP contribution in [0.3, 0.4) is 0 Å². The van der Waals surface area contributed by atoms with Gasteiger partial charge in [0.15, 0.2) is 0 Å². The summed E-state index contributed by atoms with van der Waals surface area (Å²) in [4.78, 5) is 0. The Morgan fingerprint density at radius 1 is 1.17 bits per heavy atom. The van der Waals surface area contributed by atoms with Crippen LogP contribution >= 0.6 is 0 Å². The molecule has 0 spiro atoms. The monoisotopic (exact) mass is 167 g/mol. The number of nitrogens with one attached hydrogen (secondary N) is 1. The van der Waals surface area contributed by atoms with Crippen LogP contribution in [0.4, 0.5) is 0 Å². The molecule has 2 fully saturated rings. The van der Waals surface area contributed by atoms with E-state index in [4.69, 9.17) is 0 Å². The van der Waals surface area contributed by atoms with Crippen molar-refractivity contribution >= 4 is 0 Å². The van der Waals surface area contributed by atoms with Gasteiger partial charge in [-0.15, -0.1) is 0 Å². The molecule has 1 nitrogen and oxygen atoms in total. The van der Waals surface area contributed by atoms with Crippen LogP contribution in [0.5, 0.6) is 0 Å². The number of hydrogen-bond acceptors (Lipinski definition) is 1. The van der Waals surface area contributed by atoms with Crippen LogP contribution in [0, 0.1) is 5.92 Å². The summed E-state index contributed by atoms with van der Waals surface area (Å²) in [5, 5.41) is 3.68. The Hall–Kier alpha value is -0.0400. The minimum absolute atomic E-state index is 0.778. The topological polar surface area (TPSA) is 12.0 Å². The molecule has 0 amide bonds. The van der Waals surface area contributed by atoms with Crippen LogP contribution in [0.1, 0.15) is 51.9 Å². The van der Waals surface area contributed by atoms with Gasteiger partial charge in [0.25, 0.3) is 0 Å². The summed E-state index contributed by atoms with van der Waals surface area (Å²) in [6, 6.07) is 1.67. The largest absolute Gasteiger partial charge is 0.311 e. The molecule has 1 unspecified atom stereocenters. The molecule has 2 saturated carbocycles. The van der Waals surface area contributed by atoms with Crippen molar-refractivity contribution in [3.63, 3.8) is 0 Å². The first-order valence-electron chi connectivity index (χ1n) is 5.60. The molecule has 12 heavy (non-hydrogen) atoms. The Morgan fingerprint density at radius 3 is 2.42 bits per heavy atom. The lowest BCUT2D eigenvalue weighted by atomic mass is 9.99. The SMILES string of the molecule is CC(CC1CCCC1)NC1CC1. The lowest BCUT2D eigenvalue weighted by Crippen LogP contribution is -2.29. The molecule has 70 valence electrons. The van der Waals surface area contributed by atoms with Crippen molar-refractivity contribution in [3.05, 3.63) is 0 Å². The van der Waals surface area contributed by atoms with Crippen LogP contribution in [-0.2, 0) is 0 Å². The smallest absolute Gasteiger partial charge is 0.00706 e. The molecule has 0 aromatic carbocycles. The zero-order valence-electron chi connectivity index (χ0n) is 8.18. The predicted octanol–water partition coefficient (Wildman–Crippen LogP) is 2.71. The van der Waals surface area contributed by atoms with E-state index in [1.165, 1.54) is 44.9 Å². The Bertz CT molecular complexity index is 134. The molecular formula is C11H21N. The number of hydrogen-bond donors (Lipinski definition) is 1. The molecule has 0 saturated heterocycles. The second-order valence-electron chi connectivity index (χ2n) is 4.73. The maximum Gasteiger partial charge on any atom is 0.00706 e. The highest BCUT2D eigenvalue weighted by Crippen LogP contribution is 2.29. The molecule has 0 bridgehead atoms. The van der Waals surface area contributed by atoms with Gasteiger partial charge in [-0.25, -0.2) is 0 Å². The van der Waals surface area contributed by atoms with E-state index in [-0.39, 0.29) is 0 Å². The fourth-order valence-electron chi connectivity index (χ4n) is 2.47. The average molecular weight is 167 g/mol. The molecule has 0 heterocycles. The van der Waals surface area contributed by atoms with Gasteiger partial charge in [0.2, 0.25) is 0 Å². The highest BCUT2D eigenvalue weighted by atomic mass is 15.0. The molecule has 0 radical (unpaired) electrons. The van der Waals surface area contributed by atoms with E-state index in [1.807, 2.05) is 0 Å². The van der Waals surface area contributed by atoms with Gasteiger partial charge in [0.05, 0.1) is 0 Å². The zero-order chi connectivity index (χ0) is 8.39. The maximum absolute atomic E-state index is 3.68. The molecule has 1 heteroatoms. The molecular weight excluding hydrogens is 146 g/mol. The van der Waals surface area contributed by atoms with Crippen molar-refractivity contribution in [3.8, 4) is 0 Å². The van der Waals surface area contributed by atoms with Crippen molar-refractivity contribution < 1.29 is 0 Å². The number of rotatable bonds is 4. The molecule has 2 rings (SSSR count). The highest BCUT2D eigenvalue weighted by Gasteiger charge is 2.24. The summed E-state index contributed by atoms with van der Waals surface area (Å²) in [5.74, 6) is 1.05.